The molecular formula is C11H12Br2N4O2. The van der Waals surface area contributed by atoms with Crippen LogP contribution in [0.3, 0.4) is 0 Å². The number of nitrogens with zero attached hydrogens (tertiary/aromatic N) is 1. The highest BCUT2D eigenvalue weighted by molar-refractivity contribution is 9.10. The van der Waals surface area contributed by atoms with Crippen molar-refractivity contribution in [1.29, 1.82) is 0 Å². The van der Waals surface area contributed by atoms with Crippen molar-refractivity contribution in [3.63, 3.8) is 0 Å². The van der Waals surface area contributed by atoms with E-state index in [1.54, 1.807) is 24.3 Å². The van der Waals surface area contributed by atoms with Crippen molar-refractivity contribution >= 4 is 43.2 Å². The van der Waals surface area contributed by atoms with Crippen molar-refractivity contribution in [1.82, 2.24) is 9.97 Å². The highest BCUT2D eigenvalue weighted by atomic mass is 79.9. The van der Waals surface area contributed by atoms with Gasteiger partial charge in [0.05, 0.1) is 23.1 Å². The Morgan fingerprint density at radius 3 is 2.26 bits per heavy atom. The molecule has 0 saturated carbocycles. The quantitative estimate of drug-likeness (QED) is 0.645. The molecule has 0 fully saturated rings. The van der Waals surface area contributed by atoms with Crippen LogP contribution in [0.4, 0.5) is 11.4 Å². The first-order valence-electron chi connectivity index (χ1n) is 5.04. The Balaban J connectivity index is 0.000000191. The second kappa shape index (κ2) is 7.15. The van der Waals surface area contributed by atoms with E-state index in [1.807, 2.05) is 0 Å². The predicted octanol–water partition coefficient (Wildman–Crippen LogP) is 2.15. The van der Waals surface area contributed by atoms with Crippen LogP contribution in [0.5, 0.6) is 5.88 Å². The topological polar surface area (TPSA) is 107 Å². The van der Waals surface area contributed by atoms with Gasteiger partial charge in [0.15, 0.2) is 0 Å². The predicted molar refractivity (Wildman–Crippen MR) is 82.1 cm³/mol. The minimum Gasteiger partial charge on any atom is -0.480 e. The maximum atomic E-state index is 10.6. The SMILES string of the molecule is COc1nc(Br)ccc1N.Nc1ccc(Br)[nH]c1=O. The number of nitrogens with one attached hydrogen (secondary N) is 1. The van der Waals surface area contributed by atoms with Gasteiger partial charge in [-0.05, 0) is 56.1 Å². The number of pyridine rings is 2. The molecule has 0 aliphatic heterocycles. The number of H-pyrrole nitrogens is 1. The molecule has 2 aromatic heterocycles. The zero-order valence-electron chi connectivity index (χ0n) is 9.98. The van der Waals surface area contributed by atoms with Gasteiger partial charge in [0, 0.05) is 0 Å². The number of hydrogen-bond donors (Lipinski definition) is 3. The molecule has 0 aliphatic rings. The number of nitrogens with two attached hydrogens (primary N) is 2. The van der Waals surface area contributed by atoms with E-state index in [9.17, 15) is 4.79 Å². The molecule has 2 aromatic rings. The molecule has 102 valence electrons. The fourth-order valence-electron chi connectivity index (χ4n) is 1.05. The molecule has 19 heavy (non-hydrogen) atoms. The van der Waals surface area contributed by atoms with E-state index >= 15 is 0 Å². The Kier molecular flexibility index (Phi) is 5.84. The van der Waals surface area contributed by atoms with Gasteiger partial charge in [0.2, 0.25) is 5.88 Å². The largest absolute Gasteiger partial charge is 0.480 e. The normalized spacial score (nSPS) is 9.42. The molecule has 0 unspecified atom stereocenters. The van der Waals surface area contributed by atoms with Gasteiger partial charge in [-0.3, -0.25) is 4.79 Å². The number of aromatic amines is 1. The Morgan fingerprint density at radius 2 is 1.79 bits per heavy atom. The fraction of sp³-hybridized carbons (Fsp3) is 0.0909. The number of anilines is 2. The van der Waals surface area contributed by atoms with Gasteiger partial charge in [-0.2, -0.15) is 0 Å². The van der Waals surface area contributed by atoms with Crippen molar-refractivity contribution in [3.05, 3.63) is 43.8 Å². The maximum absolute atomic E-state index is 10.6. The van der Waals surface area contributed by atoms with Gasteiger partial charge in [0.1, 0.15) is 4.60 Å². The van der Waals surface area contributed by atoms with E-state index in [4.69, 9.17) is 16.2 Å². The Labute approximate surface area is 126 Å². The van der Waals surface area contributed by atoms with Crippen LogP contribution in [0.15, 0.2) is 38.3 Å². The lowest BCUT2D eigenvalue weighted by Gasteiger charge is -2.01. The summed E-state index contributed by atoms with van der Waals surface area (Å²) in [5.41, 5.74) is 11.2. The third-order valence-electron chi connectivity index (χ3n) is 1.95. The average molecular weight is 392 g/mol. The van der Waals surface area contributed by atoms with Crippen LogP contribution in [0, 0.1) is 0 Å². The molecule has 0 aliphatic carbocycles. The molecule has 0 atom stereocenters. The summed E-state index contributed by atoms with van der Waals surface area (Å²) in [7, 11) is 1.53. The summed E-state index contributed by atoms with van der Waals surface area (Å²) in [6.45, 7) is 0. The van der Waals surface area contributed by atoms with Crippen LogP contribution in [-0.2, 0) is 0 Å². The minimum atomic E-state index is -0.260. The number of aromatic nitrogens is 2. The van der Waals surface area contributed by atoms with E-state index < -0.39 is 0 Å². The summed E-state index contributed by atoms with van der Waals surface area (Å²) in [6.07, 6.45) is 0. The summed E-state index contributed by atoms with van der Waals surface area (Å²) < 4.78 is 6.22. The Morgan fingerprint density at radius 1 is 1.16 bits per heavy atom. The smallest absolute Gasteiger partial charge is 0.271 e. The lowest BCUT2D eigenvalue weighted by molar-refractivity contribution is 0.399. The van der Waals surface area contributed by atoms with E-state index in [0.717, 1.165) is 4.60 Å². The molecule has 0 radical (unpaired) electrons. The van der Waals surface area contributed by atoms with Gasteiger partial charge in [-0.1, -0.05) is 0 Å². The summed E-state index contributed by atoms with van der Waals surface area (Å²) in [6, 6.07) is 6.72. The van der Waals surface area contributed by atoms with Gasteiger partial charge in [-0.25, -0.2) is 4.98 Å². The van der Waals surface area contributed by atoms with Crippen LogP contribution in [0.1, 0.15) is 0 Å². The second-order valence-corrected chi connectivity index (χ2v) is 4.99. The van der Waals surface area contributed by atoms with E-state index in [-0.39, 0.29) is 11.2 Å². The minimum absolute atomic E-state index is 0.234. The number of ether oxygens (including phenoxy) is 1. The van der Waals surface area contributed by atoms with Gasteiger partial charge < -0.3 is 21.2 Å². The molecule has 6 nitrogen and oxygen atoms in total. The van der Waals surface area contributed by atoms with Crippen LogP contribution in [0.2, 0.25) is 0 Å². The van der Waals surface area contributed by atoms with Gasteiger partial charge in [0.25, 0.3) is 5.56 Å². The highest BCUT2D eigenvalue weighted by Gasteiger charge is 1.98. The first-order valence-corrected chi connectivity index (χ1v) is 6.63. The Hall–Kier alpha value is -1.54. The molecular weight excluding hydrogens is 380 g/mol. The second-order valence-electron chi connectivity index (χ2n) is 3.32. The number of nitrogen functional groups attached to an aromatic ring is 2. The first kappa shape index (κ1) is 15.5. The molecule has 2 rings (SSSR count). The molecule has 0 aromatic carbocycles. The molecule has 8 heteroatoms. The zero-order valence-corrected chi connectivity index (χ0v) is 13.2. The van der Waals surface area contributed by atoms with Gasteiger partial charge in [-0.15, -0.1) is 0 Å². The molecule has 2 heterocycles. The molecule has 0 saturated heterocycles. The summed E-state index contributed by atoms with van der Waals surface area (Å²) in [5.74, 6) is 0.453. The van der Waals surface area contributed by atoms with Crippen LogP contribution in [-0.4, -0.2) is 17.1 Å². The summed E-state index contributed by atoms with van der Waals surface area (Å²) in [4.78, 5) is 17.1. The number of hydrogen-bond acceptors (Lipinski definition) is 5. The van der Waals surface area contributed by atoms with E-state index in [2.05, 4.69) is 41.8 Å². The molecule has 0 amide bonds. The standard InChI is InChI=1S/C6H7BrN2O.C5H5BrN2O/c1-10-6-4(8)2-3-5(7)9-6;6-4-2-1-3(7)5(9)8-4/h2-3H,8H2,1H3;1-2H,7H2,(H,8,9). The third-order valence-corrected chi connectivity index (χ3v) is 2.86. The number of rotatable bonds is 1. The lowest BCUT2D eigenvalue weighted by Crippen LogP contribution is -2.10. The van der Waals surface area contributed by atoms with E-state index in [1.165, 1.54) is 7.11 Å². The van der Waals surface area contributed by atoms with E-state index in [0.29, 0.717) is 16.2 Å². The van der Waals surface area contributed by atoms with Crippen molar-refractivity contribution in [2.75, 3.05) is 18.6 Å². The van der Waals surface area contributed by atoms with Crippen LogP contribution < -0.4 is 21.8 Å². The highest BCUT2D eigenvalue weighted by Crippen LogP contribution is 2.19. The molecule has 0 bridgehead atoms. The number of halogens is 2. The van der Waals surface area contributed by atoms with Crippen LogP contribution in [0.25, 0.3) is 0 Å². The molecule has 5 N–H and O–H groups in total. The summed E-state index contributed by atoms with van der Waals surface area (Å²) >= 11 is 6.28. The monoisotopic (exact) mass is 390 g/mol. The third kappa shape index (κ3) is 4.92. The fourth-order valence-corrected chi connectivity index (χ4v) is 1.66. The molecule has 0 spiro atoms. The maximum Gasteiger partial charge on any atom is 0.271 e. The van der Waals surface area contributed by atoms with Crippen molar-refractivity contribution < 1.29 is 4.74 Å². The summed E-state index contributed by atoms with van der Waals surface area (Å²) in [5, 5.41) is 0. The first-order chi connectivity index (χ1) is 8.93. The van der Waals surface area contributed by atoms with Gasteiger partial charge >= 0.3 is 0 Å². The van der Waals surface area contributed by atoms with Crippen molar-refractivity contribution in [2.45, 2.75) is 0 Å². The number of methoxy groups -OCH3 is 1. The lowest BCUT2D eigenvalue weighted by atomic mass is 10.4. The van der Waals surface area contributed by atoms with Crippen molar-refractivity contribution in [3.8, 4) is 5.88 Å². The van der Waals surface area contributed by atoms with Crippen LogP contribution >= 0.6 is 31.9 Å². The van der Waals surface area contributed by atoms with Crippen molar-refractivity contribution in [2.24, 2.45) is 0 Å². The Bertz CT molecular complexity index is 616. The zero-order chi connectivity index (χ0) is 14.4. The average Bonchev–Trinajstić information content (AvgIpc) is 2.38.